The first-order valence-corrected chi connectivity index (χ1v) is 8.69. The maximum absolute atomic E-state index is 12.6. The quantitative estimate of drug-likeness (QED) is 0.720. The van der Waals surface area contributed by atoms with Crippen molar-refractivity contribution in [1.82, 2.24) is 10.2 Å². The van der Waals surface area contributed by atoms with Crippen molar-refractivity contribution in [3.05, 3.63) is 0 Å². The molecule has 22 heavy (non-hydrogen) atoms. The van der Waals surface area contributed by atoms with Gasteiger partial charge < -0.3 is 16.0 Å². The van der Waals surface area contributed by atoms with Gasteiger partial charge in [-0.3, -0.25) is 9.59 Å². The summed E-state index contributed by atoms with van der Waals surface area (Å²) in [5.74, 6) is 0.420. The Bertz CT molecular complexity index is 378. The van der Waals surface area contributed by atoms with Crippen LogP contribution < -0.4 is 11.1 Å². The molecule has 0 spiro atoms. The first kappa shape index (κ1) is 18.9. The Kier molecular flexibility index (Phi) is 7.33. The number of nitrogens with two attached hydrogens (primary N) is 1. The van der Waals surface area contributed by atoms with Crippen molar-refractivity contribution in [2.24, 2.45) is 11.7 Å². The molecular formula is C17H33N3O2. The van der Waals surface area contributed by atoms with Crippen LogP contribution in [0.3, 0.4) is 0 Å². The monoisotopic (exact) mass is 311 g/mol. The van der Waals surface area contributed by atoms with E-state index >= 15 is 0 Å². The zero-order valence-electron chi connectivity index (χ0n) is 14.7. The maximum Gasteiger partial charge on any atom is 0.242 e. The van der Waals surface area contributed by atoms with Crippen LogP contribution in [-0.4, -0.2) is 41.4 Å². The molecule has 1 unspecified atom stereocenters. The molecule has 0 bridgehead atoms. The molecule has 1 aliphatic heterocycles. The van der Waals surface area contributed by atoms with E-state index in [4.69, 9.17) is 5.73 Å². The third-order valence-electron chi connectivity index (χ3n) is 4.76. The van der Waals surface area contributed by atoms with Gasteiger partial charge in [-0.1, -0.05) is 27.7 Å². The van der Waals surface area contributed by atoms with Crippen molar-refractivity contribution >= 4 is 11.8 Å². The summed E-state index contributed by atoms with van der Waals surface area (Å²) in [5, 5.41) is 2.99. The number of rotatable bonds is 8. The van der Waals surface area contributed by atoms with Gasteiger partial charge in [0.05, 0.1) is 0 Å². The lowest BCUT2D eigenvalue weighted by Crippen LogP contribution is -2.56. The second-order valence-corrected chi connectivity index (χ2v) is 6.98. The molecule has 1 fully saturated rings. The van der Waals surface area contributed by atoms with Crippen LogP contribution in [0.4, 0.5) is 0 Å². The smallest absolute Gasteiger partial charge is 0.242 e. The molecule has 0 aromatic heterocycles. The van der Waals surface area contributed by atoms with Gasteiger partial charge in [-0.15, -0.1) is 0 Å². The SMILES string of the molecule is CCC(N)(CC)CNC(=O)C(CC(C)C)N1CCCCC1=O. The van der Waals surface area contributed by atoms with E-state index in [1.54, 1.807) is 4.90 Å². The minimum atomic E-state index is -0.357. The van der Waals surface area contributed by atoms with Crippen molar-refractivity contribution in [1.29, 1.82) is 0 Å². The Balaban J connectivity index is 2.74. The largest absolute Gasteiger partial charge is 0.352 e. The molecule has 0 aromatic carbocycles. The third-order valence-corrected chi connectivity index (χ3v) is 4.76. The highest BCUT2D eigenvalue weighted by Gasteiger charge is 2.32. The second-order valence-electron chi connectivity index (χ2n) is 6.98. The number of hydrogen-bond donors (Lipinski definition) is 2. The molecule has 1 atom stereocenters. The van der Waals surface area contributed by atoms with Gasteiger partial charge in [-0.25, -0.2) is 0 Å². The van der Waals surface area contributed by atoms with Crippen molar-refractivity contribution in [2.75, 3.05) is 13.1 Å². The molecular weight excluding hydrogens is 278 g/mol. The van der Waals surface area contributed by atoms with E-state index < -0.39 is 0 Å². The van der Waals surface area contributed by atoms with Crippen LogP contribution in [0, 0.1) is 5.92 Å². The molecule has 3 N–H and O–H groups in total. The summed E-state index contributed by atoms with van der Waals surface area (Å²) in [5.41, 5.74) is 5.90. The van der Waals surface area contributed by atoms with E-state index in [-0.39, 0.29) is 23.4 Å². The Morgan fingerprint density at radius 2 is 1.95 bits per heavy atom. The number of hydrogen-bond acceptors (Lipinski definition) is 3. The number of likely N-dealkylation sites (tertiary alicyclic amines) is 1. The maximum atomic E-state index is 12.6. The van der Waals surface area contributed by atoms with Crippen molar-refractivity contribution in [3.63, 3.8) is 0 Å². The standard InChI is InChI=1S/C17H33N3O2/c1-5-17(18,6-2)12-19-16(22)14(11-13(3)4)20-10-8-7-9-15(20)21/h13-14H,5-12,18H2,1-4H3,(H,19,22). The molecule has 0 radical (unpaired) electrons. The molecule has 1 aliphatic rings. The summed E-state index contributed by atoms with van der Waals surface area (Å²) < 4.78 is 0. The first-order chi connectivity index (χ1) is 10.3. The summed E-state index contributed by atoms with van der Waals surface area (Å²) in [6.45, 7) is 9.40. The van der Waals surface area contributed by atoms with Gasteiger partial charge in [0.25, 0.3) is 0 Å². The van der Waals surface area contributed by atoms with E-state index in [0.29, 0.717) is 31.8 Å². The van der Waals surface area contributed by atoms with Gasteiger partial charge >= 0.3 is 0 Å². The molecule has 0 aromatic rings. The zero-order chi connectivity index (χ0) is 16.8. The molecule has 1 saturated heterocycles. The van der Waals surface area contributed by atoms with Crippen LogP contribution >= 0.6 is 0 Å². The number of nitrogens with one attached hydrogen (secondary N) is 1. The average Bonchev–Trinajstić information content (AvgIpc) is 2.50. The Morgan fingerprint density at radius 1 is 1.32 bits per heavy atom. The summed E-state index contributed by atoms with van der Waals surface area (Å²) in [4.78, 5) is 26.6. The van der Waals surface area contributed by atoms with E-state index in [1.165, 1.54) is 0 Å². The van der Waals surface area contributed by atoms with E-state index in [2.05, 4.69) is 19.2 Å². The lowest BCUT2D eigenvalue weighted by atomic mass is 9.93. The van der Waals surface area contributed by atoms with Crippen LogP contribution in [0.1, 0.15) is 66.2 Å². The predicted molar refractivity (Wildman–Crippen MR) is 89.3 cm³/mol. The number of carbonyl (C=O) groups is 2. The fourth-order valence-electron chi connectivity index (χ4n) is 2.86. The highest BCUT2D eigenvalue weighted by Crippen LogP contribution is 2.19. The van der Waals surface area contributed by atoms with Crippen molar-refractivity contribution in [3.8, 4) is 0 Å². The van der Waals surface area contributed by atoms with Gasteiger partial charge in [0.1, 0.15) is 6.04 Å². The molecule has 0 saturated carbocycles. The van der Waals surface area contributed by atoms with E-state index in [9.17, 15) is 9.59 Å². The summed E-state index contributed by atoms with van der Waals surface area (Å²) >= 11 is 0. The minimum Gasteiger partial charge on any atom is -0.352 e. The zero-order valence-corrected chi connectivity index (χ0v) is 14.7. The summed E-state index contributed by atoms with van der Waals surface area (Å²) in [6, 6.07) is -0.356. The average molecular weight is 311 g/mol. The first-order valence-electron chi connectivity index (χ1n) is 8.69. The molecule has 2 amide bonds. The highest BCUT2D eigenvalue weighted by molar-refractivity contribution is 5.88. The lowest BCUT2D eigenvalue weighted by Gasteiger charge is -2.35. The molecule has 0 aliphatic carbocycles. The number of carbonyl (C=O) groups excluding carboxylic acids is 2. The van der Waals surface area contributed by atoms with E-state index in [0.717, 1.165) is 25.7 Å². The summed E-state index contributed by atoms with van der Waals surface area (Å²) in [7, 11) is 0. The summed E-state index contributed by atoms with van der Waals surface area (Å²) in [6.07, 6.45) is 4.82. The van der Waals surface area contributed by atoms with Crippen molar-refractivity contribution in [2.45, 2.75) is 77.8 Å². The highest BCUT2D eigenvalue weighted by atomic mass is 16.2. The van der Waals surface area contributed by atoms with E-state index in [1.807, 2.05) is 13.8 Å². The van der Waals surface area contributed by atoms with Crippen LogP contribution in [0.2, 0.25) is 0 Å². The fourth-order valence-corrected chi connectivity index (χ4v) is 2.86. The third kappa shape index (κ3) is 5.27. The van der Waals surface area contributed by atoms with Gasteiger partial charge in [0.2, 0.25) is 11.8 Å². The van der Waals surface area contributed by atoms with Crippen LogP contribution in [0.15, 0.2) is 0 Å². The second kappa shape index (κ2) is 8.51. The molecule has 5 heteroatoms. The lowest BCUT2D eigenvalue weighted by molar-refractivity contribution is -0.143. The van der Waals surface area contributed by atoms with Gasteiger partial charge in [0.15, 0.2) is 0 Å². The number of nitrogens with zero attached hydrogens (tertiary/aromatic N) is 1. The minimum absolute atomic E-state index is 0.0549. The topological polar surface area (TPSA) is 75.4 Å². The van der Waals surface area contributed by atoms with Crippen LogP contribution in [0.5, 0.6) is 0 Å². The van der Waals surface area contributed by atoms with Gasteiger partial charge in [-0.2, -0.15) is 0 Å². The predicted octanol–water partition coefficient (Wildman–Crippen LogP) is 2.05. The van der Waals surface area contributed by atoms with Crippen molar-refractivity contribution < 1.29 is 9.59 Å². The molecule has 1 heterocycles. The molecule has 5 nitrogen and oxygen atoms in total. The Labute approximate surface area is 135 Å². The fraction of sp³-hybridized carbons (Fsp3) is 0.882. The number of piperidine rings is 1. The molecule has 1 rings (SSSR count). The van der Waals surface area contributed by atoms with Crippen LogP contribution in [-0.2, 0) is 9.59 Å². The van der Waals surface area contributed by atoms with Gasteiger partial charge in [-0.05, 0) is 38.0 Å². The normalized spacial score (nSPS) is 17.7. The molecule has 128 valence electrons. The Hall–Kier alpha value is -1.10. The van der Waals surface area contributed by atoms with Gasteiger partial charge in [0, 0.05) is 25.0 Å². The van der Waals surface area contributed by atoms with Crippen LogP contribution in [0.25, 0.3) is 0 Å². The Morgan fingerprint density at radius 3 is 2.45 bits per heavy atom. The number of amides is 2.